The third-order valence-electron chi connectivity index (χ3n) is 3.88. The summed E-state index contributed by atoms with van der Waals surface area (Å²) in [5.41, 5.74) is 1.13. The standard InChI is InChI=1S/C12H14N2O2/c15-8-14-7-10(6-12(14)2-3-12)9-1-4-13-11(16)5-9/h1,4-5,8,10H,2-3,6-7H2,(H,13,16)/t10-/m1/s1. The van der Waals surface area contributed by atoms with Crippen molar-refractivity contribution in [2.75, 3.05) is 6.54 Å². The number of carbonyl (C=O) groups excluding carboxylic acids is 1. The summed E-state index contributed by atoms with van der Waals surface area (Å²) in [4.78, 5) is 26.7. The van der Waals surface area contributed by atoms with Crippen molar-refractivity contribution in [3.63, 3.8) is 0 Å². The van der Waals surface area contributed by atoms with E-state index in [-0.39, 0.29) is 11.1 Å². The Morgan fingerprint density at radius 1 is 1.50 bits per heavy atom. The number of hydrogen-bond acceptors (Lipinski definition) is 2. The van der Waals surface area contributed by atoms with E-state index >= 15 is 0 Å². The molecular formula is C12H14N2O2. The van der Waals surface area contributed by atoms with Gasteiger partial charge in [0.25, 0.3) is 0 Å². The van der Waals surface area contributed by atoms with Crippen molar-refractivity contribution < 1.29 is 4.79 Å². The van der Waals surface area contributed by atoms with Gasteiger partial charge in [-0.25, -0.2) is 0 Å². The van der Waals surface area contributed by atoms with Crippen LogP contribution in [0.25, 0.3) is 0 Å². The second kappa shape index (κ2) is 3.20. The molecule has 0 aromatic carbocycles. The number of aromatic nitrogens is 1. The van der Waals surface area contributed by atoms with E-state index in [0.29, 0.717) is 5.92 Å². The number of pyridine rings is 1. The molecule has 0 bridgehead atoms. The molecule has 1 saturated carbocycles. The quantitative estimate of drug-likeness (QED) is 0.748. The highest BCUT2D eigenvalue weighted by molar-refractivity contribution is 5.52. The molecule has 2 heterocycles. The number of rotatable bonds is 2. The number of nitrogens with zero attached hydrogens (tertiary/aromatic N) is 1. The van der Waals surface area contributed by atoms with E-state index in [1.54, 1.807) is 12.3 Å². The lowest BCUT2D eigenvalue weighted by Crippen LogP contribution is -2.29. The molecule has 1 N–H and O–H groups in total. The van der Waals surface area contributed by atoms with Gasteiger partial charge in [-0.1, -0.05) is 0 Å². The molecule has 1 aromatic heterocycles. The third-order valence-corrected chi connectivity index (χ3v) is 3.88. The van der Waals surface area contributed by atoms with Gasteiger partial charge in [0, 0.05) is 30.3 Å². The van der Waals surface area contributed by atoms with Crippen LogP contribution >= 0.6 is 0 Å². The Bertz CT molecular complexity index is 476. The van der Waals surface area contributed by atoms with Gasteiger partial charge in [0.15, 0.2) is 0 Å². The molecule has 0 radical (unpaired) electrons. The average Bonchev–Trinajstić information content (AvgIpc) is 2.93. The molecule has 2 aliphatic rings. The molecule has 1 amide bonds. The van der Waals surface area contributed by atoms with Gasteiger partial charge in [0.05, 0.1) is 0 Å². The van der Waals surface area contributed by atoms with E-state index in [0.717, 1.165) is 37.8 Å². The summed E-state index contributed by atoms with van der Waals surface area (Å²) >= 11 is 0. The minimum absolute atomic E-state index is 0.0631. The van der Waals surface area contributed by atoms with Gasteiger partial charge >= 0.3 is 0 Å². The van der Waals surface area contributed by atoms with Gasteiger partial charge in [0.2, 0.25) is 12.0 Å². The Morgan fingerprint density at radius 3 is 2.88 bits per heavy atom. The lowest BCUT2D eigenvalue weighted by atomic mass is 9.96. The van der Waals surface area contributed by atoms with Crippen molar-refractivity contribution in [1.82, 2.24) is 9.88 Å². The second-order valence-corrected chi connectivity index (χ2v) is 4.87. The number of carbonyl (C=O) groups is 1. The molecule has 84 valence electrons. The van der Waals surface area contributed by atoms with E-state index in [9.17, 15) is 9.59 Å². The molecule has 2 fully saturated rings. The Kier molecular flexibility index (Phi) is 1.93. The highest BCUT2D eigenvalue weighted by atomic mass is 16.1. The van der Waals surface area contributed by atoms with Crippen LogP contribution in [0.1, 0.15) is 30.7 Å². The Balaban J connectivity index is 1.88. The van der Waals surface area contributed by atoms with E-state index < -0.39 is 0 Å². The fourth-order valence-electron chi connectivity index (χ4n) is 2.80. The minimum atomic E-state index is -0.0631. The number of amides is 1. The first-order valence-electron chi connectivity index (χ1n) is 5.64. The summed E-state index contributed by atoms with van der Waals surface area (Å²) in [6.45, 7) is 0.757. The lowest BCUT2D eigenvalue weighted by molar-refractivity contribution is -0.119. The zero-order chi connectivity index (χ0) is 11.2. The summed E-state index contributed by atoms with van der Waals surface area (Å²) in [6.07, 6.45) is 5.88. The SMILES string of the molecule is O=CN1C[C@H](c2cc[nH]c(=O)c2)CC12CC2. The largest absolute Gasteiger partial charge is 0.339 e. The van der Waals surface area contributed by atoms with Crippen LogP contribution in [-0.2, 0) is 4.79 Å². The number of aromatic amines is 1. The Hall–Kier alpha value is -1.58. The summed E-state index contributed by atoms with van der Waals surface area (Å²) in [6, 6.07) is 3.59. The first-order chi connectivity index (χ1) is 7.73. The van der Waals surface area contributed by atoms with Crippen LogP contribution in [0.4, 0.5) is 0 Å². The molecule has 3 rings (SSSR count). The van der Waals surface area contributed by atoms with Crippen molar-refractivity contribution in [3.05, 3.63) is 34.2 Å². The van der Waals surface area contributed by atoms with Gasteiger partial charge in [-0.15, -0.1) is 0 Å². The molecule has 1 aliphatic heterocycles. The number of likely N-dealkylation sites (tertiary alicyclic amines) is 1. The average molecular weight is 218 g/mol. The maximum atomic E-state index is 11.2. The molecule has 1 aromatic rings. The Labute approximate surface area is 93.3 Å². The summed E-state index contributed by atoms with van der Waals surface area (Å²) in [5.74, 6) is 0.329. The highest BCUT2D eigenvalue weighted by Crippen LogP contribution is 2.52. The number of hydrogen-bond donors (Lipinski definition) is 1. The van der Waals surface area contributed by atoms with E-state index in [1.807, 2.05) is 11.0 Å². The lowest BCUT2D eigenvalue weighted by Gasteiger charge is -2.17. The van der Waals surface area contributed by atoms with Gasteiger partial charge in [-0.2, -0.15) is 0 Å². The second-order valence-electron chi connectivity index (χ2n) is 4.87. The zero-order valence-corrected chi connectivity index (χ0v) is 8.98. The maximum Gasteiger partial charge on any atom is 0.248 e. The molecule has 4 nitrogen and oxygen atoms in total. The number of nitrogens with one attached hydrogen (secondary N) is 1. The normalized spacial score (nSPS) is 26.0. The van der Waals surface area contributed by atoms with Crippen molar-refractivity contribution in [3.8, 4) is 0 Å². The molecule has 1 atom stereocenters. The van der Waals surface area contributed by atoms with Crippen molar-refractivity contribution in [1.29, 1.82) is 0 Å². The minimum Gasteiger partial charge on any atom is -0.339 e. The van der Waals surface area contributed by atoms with Gasteiger partial charge in [0.1, 0.15) is 0 Å². The molecule has 4 heteroatoms. The fourth-order valence-corrected chi connectivity index (χ4v) is 2.80. The van der Waals surface area contributed by atoms with E-state index in [2.05, 4.69) is 4.98 Å². The molecule has 16 heavy (non-hydrogen) atoms. The van der Waals surface area contributed by atoms with E-state index in [4.69, 9.17) is 0 Å². The van der Waals surface area contributed by atoms with Gasteiger partial charge < -0.3 is 9.88 Å². The predicted octanol–water partition coefficient (Wildman–Crippen LogP) is 0.853. The van der Waals surface area contributed by atoms with Crippen LogP contribution in [0.5, 0.6) is 0 Å². The molecule has 1 spiro atoms. The highest BCUT2D eigenvalue weighted by Gasteiger charge is 2.53. The Morgan fingerprint density at radius 2 is 2.31 bits per heavy atom. The smallest absolute Gasteiger partial charge is 0.248 e. The maximum absolute atomic E-state index is 11.2. The van der Waals surface area contributed by atoms with Crippen LogP contribution in [0.3, 0.4) is 0 Å². The third kappa shape index (κ3) is 1.37. The molecule has 1 aliphatic carbocycles. The monoisotopic (exact) mass is 218 g/mol. The predicted molar refractivity (Wildman–Crippen MR) is 59.2 cm³/mol. The van der Waals surface area contributed by atoms with Crippen LogP contribution < -0.4 is 5.56 Å². The van der Waals surface area contributed by atoms with Crippen molar-refractivity contribution >= 4 is 6.41 Å². The van der Waals surface area contributed by atoms with Crippen molar-refractivity contribution in [2.45, 2.75) is 30.7 Å². The fraction of sp³-hybridized carbons (Fsp3) is 0.500. The number of H-pyrrole nitrogens is 1. The zero-order valence-electron chi connectivity index (χ0n) is 8.98. The summed E-state index contributed by atoms with van der Waals surface area (Å²) in [7, 11) is 0. The first kappa shape index (κ1) is 9.63. The van der Waals surface area contributed by atoms with Crippen molar-refractivity contribution in [2.24, 2.45) is 0 Å². The molecule has 1 saturated heterocycles. The molecular weight excluding hydrogens is 204 g/mol. The van der Waals surface area contributed by atoms with Crippen LogP contribution in [0.2, 0.25) is 0 Å². The first-order valence-corrected chi connectivity index (χ1v) is 5.64. The summed E-state index contributed by atoms with van der Waals surface area (Å²) < 4.78 is 0. The summed E-state index contributed by atoms with van der Waals surface area (Å²) in [5, 5.41) is 0. The topological polar surface area (TPSA) is 53.2 Å². The van der Waals surface area contributed by atoms with Crippen LogP contribution in [-0.4, -0.2) is 28.4 Å². The van der Waals surface area contributed by atoms with Gasteiger partial charge in [-0.05, 0) is 30.9 Å². The molecule has 0 unspecified atom stereocenters. The van der Waals surface area contributed by atoms with Crippen LogP contribution in [0.15, 0.2) is 23.1 Å². The van der Waals surface area contributed by atoms with Crippen LogP contribution in [0, 0.1) is 0 Å². The van der Waals surface area contributed by atoms with E-state index in [1.165, 1.54) is 0 Å². The van der Waals surface area contributed by atoms with Gasteiger partial charge in [-0.3, -0.25) is 9.59 Å².